The Morgan fingerprint density at radius 2 is 1.68 bits per heavy atom. The second kappa shape index (κ2) is 9.86. The highest BCUT2D eigenvalue weighted by Gasteiger charge is 2.24. The third-order valence-electron chi connectivity index (χ3n) is 5.81. The number of ether oxygens (including phenoxy) is 1. The Bertz CT molecular complexity index is 895. The lowest BCUT2D eigenvalue weighted by molar-refractivity contribution is 0.0938. The smallest absolute Gasteiger partial charge is 0.321 e. The molecule has 2 aromatic carbocycles. The number of piperidine rings is 1. The number of hydrogen-bond acceptors (Lipinski definition) is 3. The van der Waals surface area contributed by atoms with Gasteiger partial charge in [-0.3, -0.25) is 4.79 Å². The van der Waals surface area contributed by atoms with Crippen molar-refractivity contribution in [2.75, 3.05) is 32.1 Å². The molecular weight excluding hydrogens is 390 g/mol. The molecule has 31 heavy (non-hydrogen) atoms. The van der Waals surface area contributed by atoms with Gasteiger partial charge < -0.3 is 20.3 Å². The van der Waals surface area contributed by atoms with Crippen molar-refractivity contribution >= 4 is 17.6 Å². The minimum atomic E-state index is -0.120. The molecule has 1 aliphatic rings. The van der Waals surface area contributed by atoms with Crippen molar-refractivity contribution in [3.63, 3.8) is 0 Å². The number of likely N-dealkylation sites (tertiary alicyclic amines) is 1. The highest BCUT2D eigenvalue weighted by atomic mass is 16.5. The number of carbonyl (C=O) groups excluding carboxylic acids is 2. The molecule has 2 N–H and O–H groups in total. The van der Waals surface area contributed by atoms with Gasteiger partial charge in [-0.2, -0.15) is 0 Å². The molecule has 0 atom stereocenters. The number of nitrogens with one attached hydrogen (secondary N) is 2. The second-order valence-electron chi connectivity index (χ2n) is 9.10. The molecule has 1 saturated heterocycles. The second-order valence-corrected chi connectivity index (χ2v) is 9.10. The zero-order valence-electron chi connectivity index (χ0n) is 18.9. The molecule has 0 bridgehead atoms. The van der Waals surface area contributed by atoms with E-state index in [2.05, 4.69) is 31.4 Å². The van der Waals surface area contributed by atoms with Crippen molar-refractivity contribution < 1.29 is 14.3 Å². The average molecular weight is 424 g/mol. The van der Waals surface area contributed by atoms with E-state index in [0.29, 0.717) is 42.6 Å². The third-order valence-corrected chi connectivity index (χ3v) is 5.81. The molecule has 0 spiro atoms. The van der Waals surface area contributed by atoms with E-state index in [-0.39, 0.29) is 17.4 Å². The first-order valence-electron chi connectivity index (χ1n) is 10.9. The molecule has 0 aromatic heterocycles. The molecule has 166 valence electrons. The lowest BCUT2D eigenvalue weighted by Gasteiger charge is -2.32. The van der Waals surface area contributed by atoms with Gasteiger partial charge in [0.05, 0.1) is 12.8 Å². The van der Waals surface area contributed by atoms with Gasteiger partial charge in [0.15, 0.2) is 0 Å². The Balaban J connectivity index is 1.44. The van der Waals surface area contributed by atoms with Gasteiger partial charge in [-0.15, -0.1) is 0 Å². The van der Waals surface area contributed by atoms with Crippen LogP contribution in [0.4, 0.5) is 10.5 Å². The topological polar surface area (TPSA) is 70.7 Å². The van der Waals surface area contributed by atoms with Crippen molar-refractivity contribution in [1.29, 1.82) is 0 Å². The highest BCUT2D eigenvalue weighted by molar-refractivity contribution is 5.94. The fourth-order valence-electron chi connectivity index (χ4n) is 3.74. The van der Waals surface area contributed by atoms with E-state index < -0.39 is 0 Å². The van der Waals surface area contributed by atoms with Crippen molar-refractivity contribution in [3.8, 4) is 5.75 Å². The molecule has 0 radical (unpaired) electrons. The predicted octanol–water partition coefficient (Wildman–Crippen LogP) is 4.67. The lowest BCUT2D eigenvalue weighted by Crippen LogP contribution is -2.43. The summed E-state index contributed by atoms with van der Waals surface area (Å²) in [6, 6.07) is 15.1. The number of methoxy groups -OCH3 is 1. The standard InChI is InChI=1S/C25H33N3O3/c1-25(2,3)20-11-9-19(10-12-20)23(29)26-17-18-13-15-28(16-14-18)24(30)27-21-7-5-6-8-22(21)31-4/h5-12,18H,13-17H2,1-4H3,(H,26,29)(H,27,30). The van der Waals surface area contributed by atoms with Crippen molar-refractivity contribution in [2.45, 2.75) is 39.0 Å². The summed E-state index contributed by atoms with van der Waals surface area (Å²) in [5.41, 5.74) is 2.63. The number of carbonyl (C=O) groups is 2. The zero-order valence-corrected chi connectivity index (χ0v) is 18.9. The minimum Gasteiger partial charge on any atom is -0.495 e. The number of urea groups is 1. The van der Waals surface area contributed by atoms with Crippen molar-refractivity contribution in [1.82, 2.24) is 10.2 Å². The predicted molar refractivity (Wildman–Crippen MR) is 124 cm³/mol. The first-order chi connectivity index (χ1) is 14.8. The maximum absolute atomic E-state index is 12.6. The van der Waals surface area contributed by atoms with Crippen LogP contribution in [0.5, 0.6) is 5.75 Å². The van der Waals surface area contributed by atoms with E-state index in [1.165, 1.54) is 5.56 Å². The lowest BCUT2D eigenvalue weighted by atomic mass is 9.86. The van der Waals surface area contributed by atoms with Crippen molar-refractivity contribution in [3.05, 3.63) is 59.7 Å². The van der Waals surface area contributed by atoms with E-state index in [9.17, 15) is 9.59 Å². The summed E-state index contributed by atoms with van der Waals surface area (Å²) in [6.07, 6.45) is 1.73. The van der Waals surface area contributed by atoms with Gasteiger partial charge in [0.1, 0.15) is 5.75 Å². The summed E-state index contributed by atoms with van der Waals surface area (Å²) in [6.45, 7) is 8.44. The number of para-hydroxylation sites is 2. The van der Waals surface area contributed by atoms with Gasteiger partial charge in [-0.1, -0.05) is 45.0 Å². The Labute approximate surface area is 185 Å². The van der Waals surface area contributed by atoms with E-state index in [1.54, 1.807) is 7.11 Å². The van der Waals surface area contributed by atoms with Crippen LogP contribution in [-0.2, 0) is 5.41 Å². The quantitative estimate of drug-likeness (QED) is 0.734. The molecule has 6 nitrogen and oxygen atoms in total. The monoisotopic (exact) mass is 423 g/mol. The Kier molecular flexibility index (Phi) is 7.21. The minimum absolute atomic E-state index is 0.0446. The van der Waals surface area contributed by atoms with Crippen LogP contribution in [0.3, 0.4) is 0 Å². The number of rotatable bonds is 5. The molecule has 1 fully saturated rings. The highest BCUT2D eigenvalue weighted by Crippen LogP contribution is 2.25. The number of amides is 3. The van der Waals surface area contributed by atoms with Gasteiger partial charge in [0, 0.05) is 25.2 Å². The van der Waals surface area contributed by atoms with Crippen molar-refractivity contribution in [2.24, 2.45) is 5.92 Å². The maximum Gasteiger partial charge on any atom is 0.321 e. The Hall–Kier alpha value is -3.02. The summed E-state index contributed by atoms with van der Waals surface area (Å²) in [7, 11) is 1.59. The summed E-state index contributed by atoms with van der Waals surface area (Å²) in [5.74, 6) is 0.967. The third kappa shape index (κ3) is 6.00. The molecule has 0 unspecified atom stereocenters. The van der Waals surface area contributed by atoms with Crippen LogP contribution in [-0.4, -0.2) is 43.6 Å². The van der Waals surface area contributed by atoms with E-state index >= 15 is 0 Å². The largest absolute Gasteiger partial charge is 0.495 e. The number of anilines is 1. The normalized spacial score (nSPS) is 14.8. The Morgan fingerprint density at radius 1 is 1.03 bits per heavy atom. The van der Waals surface area contributed by atoms with E-state index in [0.717, 1.165) is 12.8 Å². The maximum atomic E-state index is 12.6. The van der Waals surface area contributed by atoms with Gasteiger partial charge in [-0.25, -0.2) is 4.79 Å². The molecule has 1 heterocycles. The van der Waals surface area contributed by atoms with Gasteiger partial charge >= 0.3 is 6.03 Å². The van der Waals surface area contributed by atoms with Gasteiger partial charge in [0.25, 0.3) is 5.91 Å². The molecule has 0 saturated carbocycles. The van der Waals surface area contributed by atoms with E-state index in [4.69, 9.17) is 4.74 Å². The fraction of sp³-hybridized carbons (Fsp3) is 0.440. The van der Waals surface area contributed by atoms with Crippen LogP contribution in [0.25, 0.3) is 0 Å². The SMILES string of the molecule is COc1ccccc1NC(=O)N1CCC(CNC(=O)c2ccc(C(C)(C)C)cc2)CC1. The summed E-state index contributed by atoms with van der Waals surface area (Å²) in [4.78, 5) is 26.9. The molecule has 2 aromatic rings. The number of nitrogens with zero attached hydrogens (tertiary/aromatic N) is 1. The van der Waals surface area contributed by atoms with Gasteiger partial charge in [0.2, 0.25) is 0 Å². The molecule has 1 aliphatic heterocycles. The molecule has 0 aliphatic carbocycles. The van der Waals surface area contributed by atoms with Crippen LogP contribution >= 0.6 is 0 Å². The molecule has 3 rings (SSSR count). The number of benzene rings is 2. The summed E-state index contributed by atoms with van der Waals surface area (Å²) >= 11 is 0. The van der Waals surface area contributed by atoms with Crippen LogP contribution in [0.2, 0.25) is 0 Å². The summed E-state index contributed by atoms with van der Waals surface area (Å²) < 4.78 is 5.29. The summed E-state index contributed by atoms with van der Waals surface area (Å²) in [5, 5.41) is 5.98. The molecular formula is C25H33N3O3. The Morgan fingerprint density at radius 3 is 2.29 bits per heavy atom. The van der Waals surface area contributed by atoms with Crippen LogP contribution in [0, 0.1) is 5.92 Å². The molecule has 3 amide bonds. The molecule has 6 heteroatoms. The first-order valence-corrected chi connectivity index (χ1v) is 10.9. The van der Waals surface area contributed by atoms with Crippen LogP contribution in [0.1, 0.15) is 49.5 Å². The average Bonchev–Trinajstić information content (AvgIpc) is 2.77. The number of hydrogen-bond donors (Lipinski definition) is 2. The van der Waals surface area contributed by atoms with Gasteiger partial charge in [-0.05, 0) is 54.0 Å². The zero-order chi connectivity index (χ0) is 22.4. The van der Waals surface area contributed by atoms with Crippen LogP contribution < -0.4 is 15.4 Å². The van der Waals surface area contributed by atoms with Crippen LogP contribution in [0.15, 0.2) is 48.5 Å². The first kappa shape index (κ1) is 22.7. The van der Waals surface area contributed by atoms with E-state index in [1.807, 2.05) is 53.4 Å². The fourth-order valence-corrected chi connectivity index (χ4v) is 3.74.